The number of nitrogens with one attached hydrogen (secondary N) is 1. The number of hydrogen-bond acceptors (Lipinski definition) is 7. The van der Waals surface area contributed by atoms with Gasteiger partial charge in [0, 0.05) is 42.0 Å². The monoisotopic (exact) mass is 672 g/mol. The molecule has 1 unspecified atom stereocenters. The Morgan fingerprint density at radius 1 is 0.957 bits per heavy atom. The van der Waals surface area contributed by atoms with Crippen LogP contribution in [0, 0.1) is 5.92 Å². The number of Topliss-reactive ketones (excluding diaryl/α,β-unsaturated/α-hetero) is 1. The van der Waals surface area contributed by atoms with Gasteiger partial charge in [-0.2, -0.15) is 16.8 Å². The van der Waals surface area contributed by atoms with Gasteiger partial charge in [-0.15, -0.1) is 0 Å². The summed E-state index contributed by atoms with van der Waals surface area (Å²) in [6.45, 7) is 15.1. The Morgan fingerprint density at radius 3 is 2.20 bits per heavy atom. The predicted molar refractivity (Wildman–Crippen MR) is 185 cm³/mol. The fourth-order valence-electron chi connectivity index (χ4n) is 5.87. The van der Waals surface area contributed by atoms with Gasteiger partial charge in [0.25, 0.3) is 20.2 Å². The average molecular weight is 673 g/mol. The molecule has 0 aromatic heterocycles. The summed E-state index contributed by atoms with van der Waals surface area (Å²) in [5, 5.41) is 3.29. The van der Waals surface area contributed by atoms with Crippen molar-refractivity contribution in [1.82, 2.24) is 0 Å². The highest BCUT2D eigenvalue weighted by Gasteiger charge is 2.40. The van der Waals surface area contributed by atoms with E-state index in [1.54, 1.807) is 25.1 Å². The molecule has 252 valence electrons. The van der Waals surface area contributed by atoms with E-state index in [-0.39, 0.29) is 21.5 Å². The minimum Gasteiger partial charge on any atom is -0.385 e. The number of fused-ring (bicyclic) bond motifs is 1. The van der Waals surface area contributed by atoms with Gasteiger partial charge in [0.1, 0.15) is 5.78 Å². The van der Waals surface area contributed by atoms with Gasteiger partial charge >= 0.3 is 0 Å². The minimum atomic E-state index is -4.36. The summed E-state index contributed by atoms with van der Waals surface area (Å²) in [6.07, 6.45) is 13.0. The number of carbonyl (C=O) groups excluding carboxylic acids is 1. The fraction of sp³-hybridized carbons (Fsp3) is 0.457. The molecule has 0 bridgehead atoms. The molecule has 3 N–H and O–H groups in total. The van der Waals surface area contributed by atoms with Gasteiger partial charge in [-0.05, 0) is 91.6 Å². The largest absolute Gasteiger partial charge is 0.385 e. The van der Waals surface area contributed by atoms with Gasteiger partial charge in [-0.3, -0.25) is 9.11 Å². The van der Waals surface area contributed by atoms with Crippen molar-refractivity contribution in [1.29, 1.82) is 0 Å². The molecule has 0 fully saturated rings. The van der Waals surface area contributed by atoms with Gasteiger partial charge in [-0.25, -0.2) is 0 Å². The van der Waals surface area contributed by atoms with Crippen LogP contribution in [0.5, 0.6) is 0 Å². The summed E-state index contributed by atoms with van der Waals surface area (Å²) in [5.41, 5.74) is 3.23. The van der Waals surface area contributed by atoms with Crippen LogP contribution in [0.4, 0.5) is 11.4 Å². The second-order valence-corrected chi connectivity index (χ2v) is 15.8. The lowest BCUT2D eigenvalue weighted by atomic mass is 9.73. The summed E-state index contributed by atoms with van der Waals surface area (Å²) in [7, 11) is -8.72. The SMILES string of the molecule is CCNc1ccc(S(=O)(=O)O)cc1C(C)(C)C(C)/C=C/C=C/C=C1/N(CCCCCC(C)=O)c2ccc(S(=O)(=O)O)cc2C1(C)C. The Bertz CT molecular complexity index is 1740. The summed E-state index contributed by atoms with van der Waals surface area (Å²) in [5.74, 6) is 0.156. The van der Waals surface area contributed by atoms with Crippen LogP contribution in [-0.4, -0.2) is 44.8 Å². The zero-order valence-corrected chi connectivity index (χ0v) is 29.5. The molecule has 9 nitrogen and oxygen atoms in total. The van der Waals surface area contributed by atoms with Crippen LogP contribution < -0.4 is 10.2 Å². The van der Waals surface area contributed by atoms with Crippen LogP contribution in [-0.2, 0) is 35.9 Å². The highest BCUT2D eigenvalue weighted by Crippen LogP contribution is 2.48. The smallest absolute Gasteiger partial charge is 0.294 e. The van der Waals surface area contributed by atoms with E-state index in [9.17, 15) is 30.7 Å². The van der Waals surface area contributed by atoms with Gasteiger partial charge in [0.05, 0.1) is 9.79 Å². The zero-order chi connectivity index (χ0) is 34.5. The molecule has 0 saturated heterocycles. The van der Waals surface area contributed by atoms with E-state index in [1.165, 1.54) is 18.2 Å². The van der Waals surface area contributed by atoms with E-state index in [0.717, 1.165) is 47.5 Å². The van der Waals surface area contributed by atoms with Crippen molar-refractivity contribution in [3.63, 3.8) is 0 Å². The van der Waals surface area contributed by atoms with E-state index in [4.69, 9.17) is 0 Å². The van der Waals surface area contributed by atoms with Crippen LogP contribution in [0.2, 0.25) is 0 Å². The standard InChI is InChI=1S/C35H48N2O7S2/c1-8-36-31-20-18-27(45(39,40)41)23-29(31)34(4,5)25(2)15-11-9-13-17-33-35(6,7)30-24-28(46(42,43)44)19-21-32(30)37(33)22-14-10-12-16-26(3)38/h9,11,13,15,17-21,23-25,36H,8,10,12,14,16,22H2,1-7H3,(H,39,40,41)(H,42,43,44)/b13-9+,15-11+,33-17+. The zero-order valence-electron chi connectivity index (χ0n) is 27.9. The van der Waals surface area contributed by atoms with Crippen molar-refractivity contribution in [2.24, 2.45) is 5.92 Å². The number of rotatable bonds is 15. The van der Waals surface area contributed by atoms with Gasteiger partial charge < -0.3 is 15.0 Å². The minimum absolute atomic E-state index is 0.0172. The molecular weight excluding hydrogens is 625 g/mol. The third-order valence-electron chi connectivity index (χ3n) is 8.94. The molecule has 0 aliphatic carbocycles. The van der Waals surface area contributed by atoms with Crippen LogP contribution in [0.3, 0.4) is 0 Å². The lowest BCUT2D eigenvalue weighted by Gasteiger charge is -2.33. The molecule has 2 aromatic rings. The lowest BCUT2D eigenvalue weighted by molar-refractivity contribution is -0.117. The molecule has 1 aliphatic rings. The highest BCUT2D eigenvalue weighted by molar-refractivity contribution is 7.86. The molecule has 1 aliphatic heterocycles. The van der Waals surface area contributed by atoms with E-state index in [0.29, 0.717) is 19.5 Å². The second-order valence-electron chi connectivity index (χ2n) is 13.0. The molecule has 0 saturated carbocycles. The number of benzene rings is 2. The van der Waals surface area contributed by atoms with Crippen LogP contribution in [0.25, 0.3) is 0 Å². The summed E-state index contributed by atoms with van der Waals surface area (Å²) >= 11 is 0. The van der Waals surface area contributed by atoms with Crippen LogP contribution in [0.15, 0.2) is 82.3 Å². The first-order chi connectivity index (χ1) is 21.3. The third kappa shape index (κ3) is 8.76. The number of anilines is 2. The van der Waals surface area contributed by atoms with Gasteiger partial charge in [0.2, 0.25) is 0 Å². The molecule has 0 spiro atoms. The number of nitrogens with zero attached hydrogens (tertiary/aromatic N) is 1. The number of ketones is 1. The first kappa shape index (κ1) is 37.2. The Morgan fingerprint density at radius 2 is 1.59 bits per heavy atom. The molecule has 11 heteroatoms. The third-order valence-corrected chi connectivity index (χ3v) is 10.6. The molecule has 2 aromatic carbocycles. The molecule has 3 rings (SSSR count). The predicted octanol–water partition coefficient (Wildman–Crippen LogP) is 7.47. The first-order valence-electron chi connectivity index (χ1n) is 15.6. The Balaban J connectivity index is 1.89. The van der Waals surface area contributed by atoms with Crippen molar-refractivity contribution in [3.8, 4) is 0 Å². The number of hydrogen-bond donors (Lipinski definition) is 3. The van der Waals surface area contributed by atoms with E-state index in [1.807, 2.05) is 65.0 Å². The molecule has 1 heterocycles. The van der Waals surface area contributed by atoms with Crippen molar-refractivity contribution < 1.29 is 30.7 Å². The molecule has 0 amide bonds. The maximum absolute atomic E-state index is 11.9. The lowest BCUT2D eigenvalue weighted by Crippen LogP contribution is -2.27. The maximum atomic E-state index is 11.9. The Labute approximate surface area is 275 Å². The second kappa shape index (κ2) is 14.7. The molecule has 1 atom stereocenters. The fourth-order valence-corrected chi connectivity index (χ4v) is 6.88. The van der Waals surface area contributed by atoms with Crippen molar-refractivity contribution in [2.75, 3.05) is 23.3 Å². The van der Waals surface area contributed by atoms with E-state index >= 15 is 0 Å². The molecular formula is C35H48N2O7S2. The summed E-state index contributed by atoms with van der Waals surface area (Å²) in [6, 6.07) is 9.31. The summed E-state index contributed by atoms with van der Waals surface area (Å²) < 4.78 is 66.9. The van der Waals surface area contributed by atoms with E-state index < -0.39 is 31.1 Å². The average Bonchev–Trinajstić information content (AvgIpc) is 3.16. The van der Waals surface area contributed by atoms with Crippen molar-refractivity contribution >= 4 is 37.4 Å². The Hall–Kier alpha value is -3.25. The quantitative estimate of drug-likeness (QED) is 0.0998. The number of allylic oxidation sites excluding steroid dienone is 6. The number of unbranched alkanes of at least 4 members (excludes halogenated alkanes) is 2. The number of carbonyl (C=O) groups is 1. The topological polar surface area (TPSA) is 141 Å². The van der Waals surface area contributed by atoms with Crippen molar-refractivity contribution in [3.05, 3.63) is 83.6 Å². The van der Waals surface area contributed by atoms with Crippen molar-refractivity contribution in [2.45, 2.75) is 94.8 Å². The van der Waals surface area contributed by atoms with Gasteiger partial charge in [-0.1, -0.05) is 65.3 Å². The van der Waals surface area contributed by atoms with Crippen LogP contribution >= 0.6 is 0 Å². The summed E-state index contributed by atoms with van der Waals surface area (Å²) in [4.78, 5) is 13.3. The van der Waals surface area contributed by atoms with E-state index in [2.05, 4.69) is 17.1 Å². The highest BCUT2D eigenvalue weighted by atomic mass is 32.2. The molecule has 0 radical (unpaired) electrons. The normalized spacial score (nSPS) is 16.8. The van der Waals surface area contributed by atoms with Crippen LogP contribution in [0.1, 0.15) is 85.3 Å². The maximum Gasteiger partial charge on any atom is 0.294 e. The first-order valence-corrected chi connectivity index (χ1v) is 18.5. The Kier molecular flexibility index (Phi) is 11.9. The molecule has 46 heavy (non-hydrogen) atoms. The van der Waals surface area contributed by atoms with Gasteiger partial charge in [0.15, 0.2) is 0 Å².